The van der Waals surface area contributed by atoms with Crippen LogP contribution >= 0.6 is 0 Å². The molecule has 3 nitrogen and oxygen atoms in total. The molecule has 3 heteroatoms. The number of hydrogen-bond donors (Lipinski definition) is 0. The summed E-state index contributed by atoms with van der Waals surface area (Å²) in [7, 11) is 1.99. The van der Waals surface area contributed by atoms with E-state index < -0.39 is 5.41 Å². The van der Waals surface area contributed by atoms with Crippen molar-refractivity contribution >= 4 is 5.91 Å². The molecule has 1 heterocycles. The van der Waals surface area contributed by atoms with Crippen molar-refractivity contribution in [1.82, 2.24) is 9.80 Å². The largest absolute Gasteiger partial charge is 0.344 e. The monoisotopic (exact) mass is 424 g/mol. The van der Waals surface area contributed by atoms with E-state index in [2.05, 4.69) is 66.4 Å². The average Bonchev–Trinajstić information content (AvgIpc) is 3.28. The zero-order valence-electron chi connectivity index (χ0n) is 19.0. The summed E-state index contributed by atoms with van der Waals surface area (Å²) in [5.74, 6) is 2.27. The zero-order valence-corrected chi connectivity index (χ0v) is 19.0. The third-order valence-electron chi connectivity index (χ3n) is 7.66. The van der Waals surface area contributed by atoms with Gasteiger partial charge in [0.05, 0.1) is 5.41 Å². The van der Waals surface area contributed by atoms with Crippen LogP contribution in [0.2, 0.25) is 0 Å². The molecular formula is C29H32N2O. The van der Waals surface area contributed by atoms with Crippen molar-refractivity contribution in [2.75, 3.05) is 26.7 Å². The highest BCUT2D eigenvalue weighted by Crippen LogP contribution is 2.52. The smallest absolute Gasteiger partial charge is 0.237 e. The number of piperidine rings is 1. The van der Waals surface area contributed by atoms with Crippen LogP contribution in [-0.2, 0) is 16.8 Å². The molecule has 32 heavy (non-hydrogen) atoms. The molecule has 2 atom stereocenters. The number of hydrogen-bond acceptors (Lipinski definition) is 2. The fraction of sp³-hybridized carbons (Fsp3) is 0.345. The van der Waals surface area contributed by atoms with Gasteiger partial charge in [0, 0.05) is 33.2 Å². The maximum Gasteiger partial charge on any atom is 0.237 e. The second-order valence-electron chi connectivity index (χ2n) is 9.71. The van der Waals surface area contributed by atoms with Gasteiger partial charge in [0.2, 0.25) is 5.91 Å². The number of carbonyl (C=O) groups is 1. The van der Waals surface area contributed by atoms with Crippen molar-refractivity contribution in [3.63, 3.8) is 0 Å². The summed E-state index contributed by atoms with van der Waals surface area (Å²) in [5.41, 5.74) is 2.81. The van der Waals surface area contributed by atoms with E-state index in [9.17, 15) is 4.79 Å². The Morgan fingerprint density at radius 2 is 1.31 bits per heavy atom. The molecule has 1 saturated carbocycles. The first-order chi connectivity index (χ1) is 15.6. The minimum absolute atomic E-state index is 0.181. The van der Waals surface area contributed by atoms with Crippen molar-refractivity contribution in [2.24, 2.45) is 17.8 Å². The predicted octanol–water partition coefficient (Wildman–Crippen LogP) is 4.83. The lowest BCUT2D eigenvalue weighted by atomic mass is 9.75. The standard InChI is InChI=1S/C29H32N2O/c1-29(23-14-8-4-9-15-23,24-16-10-5-11-17-24)28(32)30(2)19-25-26-20-31(21-27(25)26)18-22-12-6-3-7-13-22/h3-17,25-27H,18-21H2,1-2H3. The van der Waals surface area contributed by atoms with E-state index in [0.717, 1.165) is 49.1 Å². The maximum atomic E-state index is 13.9. The molecule has 0 radical (unpaired) electrons. The maximum absolute atomic E-state index is 13.9. The van der Waals surface area contributed by atoms with Gasteiger partial charge in [-0.2, -0.15) is 0 Å². The topological polar surface area (TPSA) is 23.6 Å². The molecule has 164 valence electrons. The highest BCUT2D eigenvalue weighted by Gasteiger charge is 2.56. The summed E-state index contributed by atoms with van der Waals surface area (Å²) in [5, 5.41) is 0. The highest BCUT2D eigenvalue weighted by atomic mass is 16.2. The minimum atomic E-state index is -0.680. The number of likely N-dealkylation sites (tertiary alicyclic amines) is 1. The summed E-state index contributed by atoms with van der Waals surface area (Å²) in [4.78, 5) is 18.4. The van der Waals surface area contributed by atoms with Crippen LogP contribution in [0.1, 0.15) is 23.6 Å². The molecule has 1 aliphatic carbocycles. The summed E-state index contributed by atoms with van der Waals surface area (Å²) in [6.07, 6.45) is 0. The molecule has 2 unspecified atom stereocenters. The molecule has 2 aliphatic rings. The van der Waals surface area contributed by atoms with Gasteiger partial charge >= 0.3 is 0 Å². The molecule has 1 aliphatic heterocycles. The van der Waals surface area contributed by atoms with Gasteiger partial charge in [-0.1, -0.05) is 91.0 Å². The first kappa shape index (κ1) is 21.0. The molecule has 0 aromatic heterocycles. The zero-order chi connectivity index (χ0) is 22.1. The van der Waals surface area contributed by atoms with E-state index in [1.807, 2.05) is 48.3 Å². The second-order valence-corrected chi connectivity index (χ2v) is 9.71. The Morgan fingerprint density at radius 1 is 0.844 bits per heavy atom. The SMILES string of the molecule is CN(CC1C2CN(Cc3ccccc3)CC21)C(=O)C(C)(c1ccccc1)c1ccccc1. The van der Waals surface area contributed by atoms with Crippen LogP contribution < -0.4 is 0 Å². The van der Waals surface area contributed by atoms with Gasteiger partial charge in [0.15, 0.2) is 0 Å². The Kier molecular flexibility index (Phi) is 5.60. The number of fused-ring (bicyclic) bond motifs is 1. The van der Waals surface area contributed by atoms with Crippen LogP contribution in [0.5, 0.6) is 0 Å². The van der Waals surface area contributed by atoms with Crippen LogP contribution in [0.4, 0.5) is 0 Å². The number of benzene rings is 3. The van der Waals surface area contributed by atoms with Gasteiger partial charge in [-0.25, -0.2) is 0 Å². The van der Waals surface area contributed by atoms with E-state index in [1.54, 1.807) is 0 Å². The third-order valence-corrected chi connectivity index (χ3v) is 7.66. The Balaban J connectivity index is 1.26. The Bertz CT molecular complexity index is 999. The summed E-state index contributed by atoms with van der Waals surface area (Å²) >= 11 is 0. The highest BCUT2D eigenvalue weighted by molar-refractivity contribution is 5.91. The molecule has 0 bridgehead atoms. The van der Waals surface area contributed by atoms with E-state index in [-0.39, 0.29) is 5.91 Å². The van der Waals surface area contributed by atoms with E-state index in [0.29, 0.717) is 5.92 Å². The second kappa shape index (κ2) is 8.55. The van der Waals surface area contributed by atoms with Crippen LogP contribution in [0.15, 0.2) is 91.0 Å². The Labute approximate surface area is 191 Å². The van der Waals surface area contributed by atoms with Gasteiger partial charge in [-0.3, -0.25) is 9.69 Å². The van der Waals surface area contributed by atoms with Gasteiger partial charge in [-0.05, 0) is 41.4 Å². The van der Waals surface area contributed by atoms with Gasteiger partial charge in [0.25, 0.3) is 0 Å². The molecular weight excluding hydrogens is 392 g/mol. The molecule has 3 aromatic rings. The van der Waals surface area contributed by atoms with Crippen molar-refractivity contribution in [3.8, 4) is 0 Å². The molecule has 0 spiro atoms. The normalized spacial score (nSPS) is 22.4. The van der Waals surface area contributed by atoms with Crippen molar-refractivity contribution < 1.29 is 4.79 Å². The number of nitrogens with zero attached hydrogens (tertiary/aromatic N) is 2. The van der Waals surface area contributed by atoms with Crippen LogP contribution in [-0.4, -0.2) is 42.4 Å². The summed E-state index contributed by atoms with van der Waals surface area (Å²) in [6, 6.07) is 31.1. The average molecular weight is 425 g/mol. The van der Waals surface area contributed by atoms with Crippen LogP contribution in [0, 0.1) is 17.8 Å². The molecule has 2 fully saturated rings. The van der Waals surface area contributed by atoms with Crippen LogP contribution in [0.25, 0.3) is 0 Å². The molecule has 5 rings (SSSR count). The van der Waals surface area contributed by atoms with Gasteiger partial charge in [-0.15, -0.1) is 0 Å². The van der Waals surface area contributed by atoms with E-state index >= 15 is 0 Å². The first-order valence-corrected chi connectivity index (χ1v) is 11.7. The number of amides is 1. The van der Waals surface area contributed by atoms with Crippen molar-refractivity contribution in [3.05, 3.63) is 108 Å². The Hall–Kier alpha value is -2.91. The molecule has 3 aromatic carbocycles. The molecule has 1 amide bonds. The van der Waals surface area contributed by atoms with Gasteiger partial charge in [0.1, 0.15) is 0 Å². The lowest BCUT2D eigenvalue weighted by Crippen LogP contribution is -2.45. The van der Waals surface area contributed by atoms with E-state index in [4.69, 9.17) is 0 Å². The number of likely N-dealkylation sites (N-methyl/N-ethyl adjacent to an activating group) is 1. The third kappa shape index (κ3) is 3.86. The fourth-order valence-electron chi connectivity index (χ4n) is 5.72. The number of rotatable bonds is 7. The predicted molar refractivity (Wildman–Crippen MR) is 129 cm³/mol. The lowest BCUT2D eigenvalue weighted by molar-refractivity contribution is -0.134. The van der Waals surface area contributed by atoms with Crippen LogP contribution in [0.3, 0.4) is 0 Å². The summed E-state index contributed by atoms with van der Waals surface area (Å²) < 4.78 is 0. The van der Waals surface area contributed by atoms with Crippen molar-refractivity contribution in [1.29, 1.82) is 0 Å². The fourth-order valence-corrected chi connectivity index (χ4v) is 5.72. The molecule has 0 N–H and O–H groups in total. The van der Waals surface area contributed by atoms with Crippen molar-refractivity contribution in [2.45, 2.75) is 18.9 Å². The Morgan fingerprint density at radius 3 is 1.81 bits per heavy atom. The van der Waals surface area contributed by atoms with Gasteiger partial charge < -0.3 is 4.90 Å². The summed E-state index contributed by atoms with van der Waals surface area (Å²) in [6.45, 7) is 6.27. The first-order valence-electron chi connectivity index (χ1n) is 11.7. The number of carbonyl (C=O) groups excluding carboxylic acids is 1. The quantitative estimate of drug-likeness (QED) is 0.542. The minimum Gasteiger partial charge on any atom is -0.344 e. The lowest BCUT2D eigenvalue weighted by Gasteiger charge is -2.34. The van der Waals surface area contributed by atoms with E-state index in [1.165, 1.54) is 5.56 Å². The molecule has 1 saturated heterocycles.